The second-order valence-electron chi connectivity index (χ2n) is 10.6. The summed E-state index contributed by atoms with van der Waals surface area (Å²) in [5, 5.41) is 3.22. The van der Waals surface area contributed by atoms with Gasteiger partial charge in [-0.05, 0) is 65.3 Å². The van der Waals surface area contributed by atoms with Gasteiger partial charge in [-0.1, -0.05) is 42.5 Å². The Balaban J connectivity index is 1.22. The van der Waals surface area contributed by atoms with E-state index in [-0.39, 0.29) is 11.8 Å². The molecule has 0 spiro atoms. The minimum absolute atomic E-state index is 0.0227. The molecule has 6 rings (SSSR count). The molecule has 3 aromatic rings. The van der Waals surface area contributed by atoms with Crippen LogP contribution >= 0.6 is 0 Å². The van der Waals surface area contributed by atoms with Gasteiger partial charge in [-0.25, -0.2) is 0 Å². The van der Waals surface area contributed by atoms with Gasteiger partial charge in [-0.15, -0.1) is 0 Å². The lowest BCUT2D eigenvalue weighted by Crippen LogP contribution is -2.50. The lowest BCUT2D eigenvalue weighted by atomic mass is 9.75. The Kier molecular flexibility index (Phi) is 7.00. The van der Waals surface area contributed by atoms with E-state index in [1.165, 1.54) is 11.1 Å². The van der Waals surface area contributed by atoms with Crippen molar-refractivity contribution in [2.75, 3.05) is 40.4 Å². The van der Waals surface area contributed by atoms with Crippen molar-refractivity contribution in [2.45, 2.75) is 37.8 Å². The number of benzene rings is 3. The minimum Gasteiger partial charge on any atom is -0.493 e. The molecule has 7 heteroatoms. The lowest BCUT2D eigenvalue weighted by Gasteiger charge is -2.45. The van der Waals surface area contributed by atoms with Gasteiger partial charge in [0.15, 0.2) is 11.5 Å². The number of nitrogens with one attached hydrogen (secondary N) is 1. The molecule has 1 N–H and O–H groups in total. The third kappa shape index (κ3) is 4.65. The molecule has 0 radical (unpaired) electrons. The molecule has 39 heavy (non-hydrogen) atoms. The van der Waals surface area contributed by atoms with E-state index >= 15 is 0 Å². The fourth-order valence-corrected chi connectivity index (χ4v) is 6.51. The fraction of sp³-hybridized carbons (Fsp3) is 0.375. The fourth-order valence-electron chi connectivity index (χ4n) is 6.51. The normalized spacial score (nSPS) is 19.8. The molecule has 0 aliphatic carbocycles. The second-order valence-corrected chi connectivity index (χ2v) is 10.6. The smallest absolute Gasteiger partial charge is 0.254 e. The molecule has 2 atom stereocenters. The Bertz CT molecular complexity index is 1400. The minimum atomic E-state index is -0.502. The third-order valence-electron chi connectivity index (χ3n) is 8.47. The van der Waals surface area contributed by atoms with Crippen molar-refractivity contribution in [3.05, 3.63) is 94.0 Å². The molecule has 202 valence electrons. The first-order chi connectivity index (χ1) is 19.1. The van der Waals surface area contributed by atoms with Crippen molar-refractivity contribution in [1.29, 1.82) is 0 Å². The van der Waals surface area contributed by atoms with Crippen molar-refractivity contribution in [2.24, 2.45) is 0 Å². The molecule has 0 saturated carbocycles. The van der Waals surface area contributed by atoms with E-state index in [9.17, 15) is 9.59 Å². The topological polar surface area (TPSA) is 71.1 Å². The molecule has 0 bridgehead atoms. The average molecular weight is 526 g/mol. The van der Waals surface area contributed by atoms with Crippen molar-refractivity contribution >= 4 is 11.8 Å². The molecule has 3 aliphatic heterocycles. The van der Waals surface area contributed by atoms with E-state index in [4.69, 9.17) is 9.47 Å². The Hall–Kier alpha value is -3.84. The molecule has 3 aromatic carbocycles. The first-order valence-electron chi connectivity index (χ1n) is 13.8. The summed E-state index contributed by atoms with van der Waals surface area (Å²) in [7, 11) is 3.23. The summed E-state index contributed by atoms with van der Waals surface area (Å²) in [6.07, 6.45) is 2.64. The van der Waals surface area contributed by atoms with Crippen LogP contribution in [0.4, 0.5) is 0 Å². The van der Waals surface area contributed by atoms with Gasteiger partial charge in [-0.2, -0.15) is 0 Å². The van der Waals surface area contributed by atoms with Crippen LogP contribution in [-0.2, 0) is 24.2 Å². The number of hydrogen-bond donors (Lipinski definition) is 1. The molecule has 0 saturated heterocycles. The van der Waals surface area contributed by atoms with Crippen LogP contribution in [0.15, 0.2) is 60.7 Å². The predicted molar refractivity (Wildman–Crippen MR) is 149 cm³/mol. The highest BCUT2D eigenvalue weighted by molar-refractivity contribution is 6.01. The summed E-state index contributed by atoms with van der Waals surface area (Å²) in [6, 6.07) is 19.7. The number of methoxy groups -OCH3 is 2. The van der Waals surface area contributed by atoms with Crippen LogP contribution in [0.1, 0.15) is 56.6 Å². The van der Waals surface area contributed by atoms with E-state index in [2.05, 4.69) is 34.5 Å². The highest BCUT2D eigenvalue weighted by Gasteiger charge is 2.46. The van der Waals surface area contributed by atoms with Gasteiger partial charge in [0, 0.05) is 38.3 Å². The van der Waals surface area contributed by atoms with Gasteiger partial charge in [0.2, 0.25) is 5.91 Å². The molecule has 0 aromatic heterocycles. The van der Waals surface area contributed by atoms with E-state index in [1.54, 1.807) is 14.2 Å². The maximum Gasteiger partial charge on any atom is 0.254 e. The van der Waals surface area contributed by atoms with Crippen LogP contribution in [0.5, 0.6) is 11.5 Å². The molecular formula is C32H35N3O4. The standard InChI is InChI=1S/C32H35N3O4/c1-38-27-18-22-13-17-35-30(26(22)19-28(27)39-2)29(24-10-5-6-11-25(24)32(35)37)31(36)33-14-7-15-34-16-12-21-8-3-4-9-23(21)20-34/h3-6,8-11,18-19,29-30H,7,12-17,20H2,1-2H3,(H,33,36)/t29-,30+/m1/s1. The third-order valence-corrected chi connectivity index (χ3v) is 8.47. The van der Waals surface area contributed by atoms with Crippen LogP contribution in [0, 0.1) is 0 Å². The second kappa shape index (κ2) is 10.7. The van der Waals surface area contributed by atoms with Crippen molar-refractivity contribution in [3.8, 4) is 11.5 Å². The number of carbonyl (C=O) groups excluding carboxylic acids is 2. The first kappa shape index (κ1) is 25.4. The molecule has 2 amide bonds. The van der Waals surface area contributed by atoms with Crippen LogP contribution < -0.4 is 14.8 Å². The zero-order chi connectivity index (χ0) is 26.9. The summed E-state index contributed by atoms with van der Waals surface area (Å²) in [4.78, 5) is 31.8. The van der Waals surface area contributed by atoms with Gasteiger partial charge >= 0.3 is 0 Å². The van der Waals surface area contributed by atoms with Gasteiger partial charge in [0.1, 0.15) is 0 Å². The van der Waals surface area contributed by atoms with Gasteiger partial charge in [-0.3, -0.25) is 14.5 Å². The summed E-state index contributed by atoms with van der Waals surface area (Å²) in [5.74, 6) is 0.695. The van der Waals surface area contributed by atoms with Gasteiger partial charge in [0.05, 0.1) is 26.2 Å². The first-order valence-corrected chi connectivity index (χ1v) is 13.8. The number of amides is 2. The Morgan fingerprint density at radius 1 is 0.897 bits per heavy atom. The number of rotatable bonds is 7. The number of fused-ring (bicyclic) bond motifs is 5. The highest BCUT2D eigenvalue weighted by Crippen LogP contribution is 2.48. The number of ether oxygens (including phenoxy) is 2. The molecule has 3 heterocycles. The summed E-state index contributed by atoms with van der Waals surface area (Å²) < 4.78 is 11.1. The Labute approximate surface area is 229 Å². The molecule has 7 nitrogen and oxygen atoms in total. The summed E-state index contributed by atoms with van der Waals surface area (Å²) in [5.41, 5.74) is 6.29. The SMILES string of the molecule is COc1cc2c(cc1OC)[C@H]1[C@H](C(=O)NCCCN3CCc4ccccc4C3)c3ccccc3C(=O)N1CC2. The van der Waals surface area contributed by atoms with Crippen LogP contribution in [0.3, 0.4) is 0 Å². The zero-order valence-electron chi connectivity index (χ0n) is 22.6. The average Bonchev–Trinajstić information content (AvgIpc) is 2.98. The Morgan fingerprint density at radius 2 is 1.62 bits per heavy atom. The largest absolute Gasteiger partial charge is 0.493 e. The lowest BCUT2D eigenvalue weighted by molar-refractivity contribution is -0.124. The van der Waals surface area contributed by atoms with E-state index in [1.807, 2.05) is 41.3 Å². The van der Waals surface area contributed by atoms with Crippen LogP contribution in [0.2, 0.25) is 0 Å². The molecule has 0 fully saturated rings. The van der Waals surface area contributed by atoms with Crippen molar-refractivity contribution < 1.29 is 19.1 Å². The molecule has 0 unspecified atom stereocenters. The quantitative estimate of drug-likeness (QED) is 0.471. The Morgan fingerprint density at radius 3 is 2.44 bits per heavy atom. The zero-order valence-corrected chi connectivity index (χ0v) is 22.6. The number of hydrogen-bond acceptors (Lipinski definition) is 5. The van der Waals surface area contributed by atoms with Crippen molar-refractivity contribution in [1.82, 2.24) is 15.1 Å². The van der Waals surface area contributed by atoms with Gasteiger partial charge in [0.25, 0.3) is 5.91 Å². The predicted octanol–water partition coefficient (Wildman–Crippen LogP) is 4.11. The molecular weight excluding hydrogens is 490 g/mol. The summed E-state index contributed by atoms with van der Waals surface area (Å²) in [6.45, 7) is 4.09. The van der Waals surface area contributed by atoms with Crippen molar-refractivity contribution in [3.63, 3.8) is 0 Å². The van der Waals surface area contributed by atoms with E-state index in [0.717, 1.165) is 49.2 Å². The van der Waals surface area contributed by atoms with E-state index in [0.29, 0.717) is 36.6 Å². The monoisotopic (exact) mass is 525 g/mol. The summed E-state index contributed by atoms with van der Waals surface area (Å²) >= 11 is 0. The van der Waals surface area contributed by atoms with Crippen LogP contribution in [-0.4, -0.2) is 62.0 Å². The van der Waals surface area contributed by atoms with Gasteiger partial charge < -0.3 is 19.7 Å². The van der Waals surface area contributed by atoms with E-state index < -0.39 is 12.0 Å². The number of carbonyl (C=O) groups is 2. The van der Waals surface area contributed by atoms with Crippen LogP contribution in [0.25, 0.3) is 0 Å². The highest BCUT2D eigenvalue weighted by atomic mass is 16.5. The molecule has 3 aliphatic rings. The maximum atomic E-state index is 13.9. The maximum absolute atomic E-state index is 13.9. The number of nitrogens with zero attached hydrogens (tertiary/aromatic N) is 2.